The highest BCUT2D eigenvalue weighted by Gasteiger charge is 2.25. The van der Waals surface area contributed by atoms with Crippen LogP contribution in [0.15, 0.2) is 48.5 Å². The summed E-state index contributed by atoms with van der Waals surface area (Å²) in [5, 5.41) is 3.04. The van der Waals surface area contributed by atoms with Crippen molar-refractivity contribution in [1.29, 1.82) is 0 Å². The largest absolute Gasteiger partial charge is 0.497 e. The standard InChI is InChI=1S/C22H26N2O3/c1-16(25)18-5-7-20(8-6-18)24-13-11-19(12-14-24)22(26)23-15-17-3-9-21(27-2)10-4-17/h3-10,19H,11-15H2,1-2H3,(H,23,26). The van der Waals surface area contributed by atoms with E-state index in [1.807, 2.05) is 48.5 Å². The van der Waals surface area contributed by atoms with Gasteiger partial charge in [0, 0.05) is 36.8 Å². The molecule has 0 saturated carbocycles. The van der Waals surface area contributed by atoms with Crippen LogP contribution in [-0.4, -0.2) is 31.9 Å². The van der Waals surface area contributed by atoms with E-state index in [0.29, 0.717) is 6.54 Å². The molecule has 0 radical (unpaired) electrons. The second kappa shape index (κ2) is 8.71. The number of hydrogen-bond acceptors (Lipinski definition) is 4. The summed E-state index contributed by atoms with van der Waals surface area (Å²) in [5.41, 5.74) is 2.90. The number of carbonyl (C=O) groups excluding carboxylic acids is 2. The van der Waals surface area contributed by atoms with E-state index >= 15 is 0 Å². The van der Waals surface area contributed by atoms with Gasteiger partial charge < -0.3 is 15.0 Å². The highest BCUT2D eigenvalue weighted by atomic mass is 16.5. The van der Waals surface area contributed by atoms with E-state index in [1.165, 1.54) is 0 Å². The Morgan fingerprint density at radius 1 is 1.04 bits per heavy atom. The van der Waals surface area contributed by atoms with Crippen molar-refractivity contribution >= 4 is 17.4 Å². The Morgan fingerprint density at radius 3 is 2.22 bits per heavy atom. The van der Waals surface area contributed by atoms with Crippen molar-refractivity contribution in [3.8, 4) is 5.75 Å². The predicted molar refractivity (Wildman–Crippen MR) is 106 cm³/mol. The molecule has 0 spiro atoms. The van der Waals surface area contributed by atoms with Crippen molar-refractivity contribution in [1.82, 2.24) is 5.32 Å². The first kappa shape index (κ1) is 19.0. The van der Waals surface area contributed by atoms with Gasteiger partial charge in [-0.1, -0.05) is 12.1 Å². The summed E-state index contributed by atoms with van der Waals surface area (Å²) in [6.07, 6.45) is 1.67. The Kier molecular flexibility index (Phi) is 6.12. The van der Waals surface area contributed by atoms with E-state index in [9.17, 15) is 9.59 Å². The van der Waals surface area contributed by atoms with Crippen molar-refractivity contribution in [3.05, 3.63) is 59.7 Å². The summed E-state index contributed by atoms with van der Waals surface area (Å²) in [6.45, 7) is 3.81. The molecule has 1 N–H and O–H groups in total. The maximum absolute atomic E-state index is 12.5. The minimum Gasteiger partial charge on any atom is -0.497 e. The maximum Gasteiger partial charge on any atom is 0.223 e. The van der Waals surface area contributed by atoms with Gasteiger partial charge in [-0.3, -0.25) is 9.59 Å². The number of nitrogens with zero attached hydrogens (tertiary/aromatic N) is 1. The third-order valence-corrected chi connectivity index (χ3v) is 5.13. The summed E-state index contributed by atoms with van der Waals surface area (Å²) in [4.78, 5) is 26.1. The zero-order valence-corrected chi connectivity index (χ0v) is 15.9. The van der Waals surface area contributed by atoms with Crippen molar-refractivity contribution in [2.45, 2.75) is 26.3 Å². The Hall–Kier alpha value is -2.82. The molecular weight excluding hydrogens is 340 g/mol. The number of carbonyl (C=O) groups is 2. The molecular formula is C22H26N2O3. The number of rotatable bonds is 6. The molecule has 27 heavy (non-hydrogen) atoms. The summed E-state index contributed by atoms with van der Waals surface area (Å²) in [7, 11) is 1.64. The average molecular weight is 366 g/mol. The summed E-state index contributed by atoms with van der Waals surface area (Å²) in [5.74, 6) is 1.07. The molecule has 2 aromatic rings. The number of ketones is 1. The van der Waals surface area contributed by atoms with Crippen LogP contribution in [0.25, 0.3) is 0 Å². The number of methoxy groups -OCH3 is 1. The Bertz CT molecular complexity index is 776. The van der Waals surface area contributed by atoms with Gasteiger partial charge in [-0.2, -0.15) is 0 Å². The van der Waals surface area contributed by atoms with Gasteiger partial charge >= 0.3 is 0 Å². The second-order valence-electron chi connectivity index (χ2n) is 6.93. The Morgan fingerprint density at radius 2 is 1.67 bits per heavy atom. The van der Waals surface area contributed by atoms with E-state index in [0.717, 1.165) is 48.5 Å². The van der Waals surface area contributed by atoms with Gasteiger partial charge in [-0.25, -0.2) is 0 Å². The van der Waals surface area contributed by atoms with Crippen LogP contribution in [0.4, 0.5) is 5.69 Å². The van der Waals surface area contributed by atoms with Gasteiger partial charge in [0.05, 0.1) is 7.11 Å². The molecule has 1 saturated heterocycles. The number of Topliss-reactive ketones (excluding diaryl/α,β-unsaturated/α-hetero) is 1. The lowest BCUT2D eigenvalue weighted by Crippen LogP contribution is -2.40. The molecule has 1 aliphatic heterocycles. The Balaban J connectivity index is 1.47. The number of piperidine rings is 1. The zero-order chi connectivity index (χ0) is 19.2. The van der Waals surface area contributed by atoms with Crippen molar-refractivity contribution in [2.24, 2.45) is 5.92 Å². The maximum atomic E-state index is 12.5. The topological polar surface area (TPSA) is 58.6 Å². The molecule has 1 aliphatic rings. The van der Waals surface area contributed by atoms with E-state index < -0.39 is 0 Å². The van der Waals surface area contributed by atoms with Crippen LogP contribution in [0.1, 0.15) is 35.7 Å². The van der Waals surface area contributed by atoms with E-state index in [4.69, 9.17) is 4.74 Å². The van der Waals surface area contributed by atoms with Crippen LogP contribution in [-0.2, 0) is 11.3 Å². The molecule has 142 valence electrons. The SMILES string of the molecule is COc1ccc(CNC(=O)C2CCN(c3ccc(C(C)=O)cc3)CC2)cc1. The number of nitrogens with one attached hydrogen (secondary N) is 1. The lowest BCUT2D eigenvalue weighted by Gasteiger charge is -2.33. The normalized spacial score (nSPS) is 14.7. The number of benzene rings is 2. The van der Waals surface area contributed by atoms with Crippen LogP contribution in [0.3, 0.4) is 0 Å². The third kappa shape index (κ3) is 4.88. The molecule has 3 rings (SSSR count). The molecule has 0 bridgehead atoms. The Labute approximate surface area is 160 Å². The first-order chi connectivity index (χ1) is 13.1. The van der Waals surface area contributed by atoms with Crippen LogP contribution in [0, 0.1) is 5.92 Å². The minimum atomic E-state index is 0.0518. The number of amides is 1. The van der Waals surface area contributed by atoms with Gasteiger partial charge in [-0.05, 0) is 61.7 Å². The van der Waals surface area contributed by atoms with Crippen molar-refractivity contribution in [2.75, 3.05) is 25.1 Å². The third-order valence-electron chi connectivity index (χ3n) is 5.13. The van der Waals surface area contributed by atoms with E-state index in [2.05, 4.69) is 10.2 Å². The monoisotopic (exact) mass is 366 g/mol. The van der Waals surface area contributed by atoms with Crippen LogP contribution >= 0.6 is 0 Å². The molecule has 0 atom stereocenters. The number of ether oxygens (including phenoxy) is 1. The quantitative estimate of drug-likeness (QED) is 0.796. The van der Waals surface area contributed by atoms with Crippen molar-refractivity contribution in [3.63, 3.8) is 0 Å². The van der Waals surface area contributed by atoms with Crippen LogP contribution in [0.2, 0.25) is 0 Å². The highest BCUT2D eigenvalue weighted by molar-refractivity contribution is 5.94. The molecule has 2 aromatic carbocycles. The molecule has 5 heteroatoms. The summed E-state index contributed by atoms with van der Waals surface area (Å²) >= 11 is 0. The molecule has 0 unspecified atom stereocenters. The van der Waals surface area contributed by atoms with Gasteiger partial charge in [-0.15, -0.1) is 0 Å². The van der Waals surface area contributed by atoms with Gasteiger partial charge in [0.25, 0.3) is 0 Å². The van der Waals surface area contributed by atoms with E-state index in [1.54, 1.807) is 14.0 Å². The smallest absolute Gasteiger partial charge is 0.223 e. The fourth-order valence-electron chi connectivity index (χ4n) is 3.38. The fourth-order valence-corrected chi connectivity index (χ4v) is 3.38. The molecule has 0 aromatic heterocycles. The molecule has 1 amide bonds. The van der Waals surface area contributed by atoms with Gasteiger partial charge in [0.2, 0.25) is 5.91 Å². The van der Waals surface area contributed by atoms with Crippen LogP contribution in [0.5, 0.6) is 5.75 Å². The number of anilines is 1. The van der Waals surface area contributed by atoms with Crippen LogP contribution < -0.4 is 15.0 Å². The highest BCUT2D eigenvalue weighted by Crippen LogP contribution is 2.24. The lowest BCUT2D eigenvalue weighted by molar-refractivity contribution is -0.125. The van der Waals surface area contributed by atoms with Gasteiger partial charge in [0.15, 0.2) is 5.78 Å². The molecule has 1 fully saturated rings. The first-order valence-electron chi connectivity index (χ1n) is 9.33. The molecule has 0 aliphatic carbocycles. The molecule has 1 heterocycles. The van der Waals surface area contributed by atoms with Gasteiger partial charge in [0.1, 0.15) is 5.75 Å². The predicted octanol–water partition coefficient (Wildman–Crippen LogP) is 3.43. The first-order valence-corrected chi connectivity index (χ1v) is 9.33. The summed E-state index contributed by atoms with van der Waals surface area (Å²) < 4.78 is 5.15. The summed E-state index contributed by atoms with van der Waals surface area (Å²) in [6, 6.07) is 15.4. The average Bonchev–Trinajstić information content (AvgIpc) is 2.72. The zero-order valence-electron chi connectivity index (χ0n) is 15.9. The van der Waals surface area contributed by atoms with Crippen molar-refractivity contribution < 1.29 is 14.3 Å². The lowest BCUT2D eigenvalue weighted by atomic mass is 9.95. The minimum absolute atomic E-state index is 0.0518. The number of hydrogen-bond donors (Lipinski definition) is 1. The molecule has 5 nitrogen and oxygen atoms in total. The fraction of sp³-hybridized carbons (Fsp3) is 0.364. The van der Waals surface area contributed by atoms with E-state index in [-0.39, 0.29) is 17.6 Å². The second-order valence-corrected chi connectivity index (χ2v) is 6.93.